The predicted octanol–water partition coefficient (Wildman–Crippen LogP) is 6.22. The molecule has 3 aromatic rings. The number of halogens is 2. The van der Waals surface area contributed by atoms with Crippen LogP contribution in [0.15, 0.2) is 77.7 Å². The van der Waals surface area contributed by atoms with Gasteiger partial charge in [0, 0.05) is 22.6 Å². The van der Waals surface area contributed by atoms with Crippen LogP contribution in [0.4, 0.5) is 5.69 Å². The first kappa shape index (κ1) is 31.5. The highest BCUT2D eigenvalue weighted by Gasteiger charge is 2.34. The lowest BCUT2D eigenvalue weighted by Gasteiger charge is -2.33. The third kappa shape index (κ3) is 7.99. The van der Waals surface area contributed by atoms with Crippen LogP contribution in [0, 0.1) is 6.92 Å². The Hall–Kier alpha value is -3.07. The Morgan fingerprint density at radius 3 is 2.05 bits per heavy atom. The SMILES string of the molecule is CC[C@H](C)NC(=O)[C@H](CC)N(Cc1ccccc1)C(=O)CN(c1cc(Cl)cc(Cl)c1)S(=O)(=O)c1ccc(C)cc1. The number of aryl methyl sites for hydroxylation is 1. The van der Waals surface area contributed by atoms with Crippen LogP contribution in [-0.2, 0) is 26.2 Å². The Kier molecular flexibility index (Phi) is 11.0. The summed E-state index contributed by atoms with van der Waals surface area (Å²) in [5.41, 5.74) is 1.84. The van der Waals surface area contributed by atoms with E-state index in [9.17, 15) is 18.0 Å². The van der Waals surface area contributed by atoms with Crippen molar-refractivity contribution in [3.63, 3.8) is 0 Å². The van der Waals surface area contributed by atoms with Gasteiger partial charge in [-0.05, 0) is 62.6 Å². The van der Waals surface area contributed by atoms with Crippen LogP contribution in [0.25, 0.3) is 0 Å². The Labute approximate surface area is 247 Å². The predicted molar refractivity (Wildman–Crippen MR) is 161 cm³/mol. The zero-order valence-electron chi connectivity index (χ0n) is 23.1. The molecule has 40 heavy (non-hydrogen) atoms. The van der Waals surface area contributed by atoms with Gasteiger partial charge in [0.25, 0.3) is 10.0 Å². The van der Waals surface area contributed by atoms with Crippen LogP contribution in [0.5, 0.6) is 0 Å². The second-order valence-corrected chi connectivity index (χ2v) is 12.4. The molecule has 214 valence electrons. The van der Waals surface area contributed by atoms with E-state index >= 15 is 0 Å². The highest BCUT2D eigenvalue weighted by Crippen LogP contribution is 2.30. The summed E-state index contributed by atoms with van der Waals surface area (Å²) in [6.45, 7) is 7.10. The van der Waals surface area contributed by atoms with Crippen LogP contribution in [0.3, 0.4) is 0 Å². The molecule has 0 aromatic heterocycles. The summed E-state index contributed by atoms with van der Waals surface area (Å²) in [5, 5.41) is 3.41. The largest absolute Gasteiger partial charge is 0.352 e. The van der Waals surface area contributed by atoms with Crippen molar-refractivity contribution in [3.8, 4) is 0 Å². The van der Waals surface area contributed by atoms with Gasteiger partial charge < -0.3 is 10.2 Å². The minimum absolute atomic E-state index is 0.0122. The van der Waals surface area contributed by atoms with E-state index in [0.717, 1.165) is 21.9 Å². The molecule has 0 aliphatic carbocycles. The second kappa shape index (κ2) is 14.0. The van der Waals surface area contributed by atoms with E-state index in [4.69, 9.17) is 23.2 Å². The van der Waals surface area contributed by atoms with Gasteiger partial charge >= 0.3 is 0 Å². The molecule has 0 fully saturated rings. The number of carbonyl (C=O) groups is 2. The van der Waals surface area contributed by atoms with Crippen molar-refractivity contribution in [2.75, 3.05) is 10.8 Å². The molecule has 0 heterocycles. The van der Waals surface area contributed by atoms with Crippen molar-refractivity contribution in [2.45, 2.75) is 64.1 Å². The molecule has 0 radical (unpaired) electrons. The monoisotopic (exact) mass is 603 g/mol. The molecule has 0 unspecified atom stereocenters. The molecular weight excluding hydrogens is 569 g/mol. The van der Waals surface area contributed by atoms with E-state index in [1.165, 1.54) is 35.2 Å². The molecule has 0 bridgehead atoms. The fourth-order valence-electron chi connectivity index (χ4n) is 4.19. The van der Waals surface area contributed by atoms with Gasteiger partial charge in [-0.3, -0.25) is 13.9 Å². The molecule has 2 amide bonds. The lowest BCUT2D eigenvalue weighted by atomic mass is 10.1. The van der Waals surface area contributed by atoms with Crippen molar-refractivity contribution in [2.24, 2.45) is 0 Å². The van der Waals surface area contributed by atoms with Crippen molar-refractivity contribution in [1.82, 2.24) is 10.2 Å². The van der Waals surface area contributed by atoms with E-state index in [1.807, 2.05) is 58.0 Å². The molecule has 1 N–H and O–H groups in total. The number of amides is 2. The number of hydrogen-bond donors (Lipinski definition) is 1. The lowest BCUT2D eigenvalue weighted by molar-refractivity contribution is -0.140. The van der Waals surface area contributed by atoms with Crippen LogP contribution in [0.1, 0.15) is 44.7 Å². The van der Waals surface area contributed by atoms with Gasteiger partial charge in [0.15, 0.2) is 0 Å². The quantitative estimate of drug-likeness (QED) is 0.266. The van der Waals surface area contributed by atoms with E-state index in [2.05, 4.69) is 5.32 Å². The molecule has 3 rings (SSSR count). The minimum atomic E-state index is -4.21. The van der Waals surface area contributed by atoms with E-state index < -0.39 is 28.5 Å². The third-order valence-electron chi connectivity index (χ3n) is 6.61. The maximum atomic E-state index is 14.1. The molecule has 0 spiro atoms. The minimum Gasteiger partial charge on any atom is -0.352 e. The average Bonchev–Trinajstić information content (AvgIpc) is 2.91. The number of anilines is 1. The number of nitrogens with zero attached hydrogens (tertiary/aromatic N) is 2. The summed E-state index contributed by atoms with van der Waals surface area (Å²) in [5.74, 6) is -0.832. The van der Waals surface area contributed by atoms with E-state index in [-0.39, 0.29) is 39.1 Å². The Morgan fingerprint density at radius 1 is 0.900 bits per heavy atom. The van der Waals surface area contributed by atoms with Crippen molar-refractivity contribution in [1.29, 1.82) is 0 Å². The first-order chi connectivity index (χ1) is 19.0. The summed E-state index contributed by atoms with van der Waals surface area (Å²) >= 11 is 12.5. The van der Waals surface area contributed by atoms with Gasteiger partial charge in [0.1, 0.15) is 12.6 Å². The van der Waals surface area contributed by atoms with Crippen LogP contribution in [0.2, 0.25) is 10.0 Å². The molecular formula is C30H35Cl2N3O4S. The Balaban J connectivity index is 2.08. The molecule has 0 saturated carbocycles. The van der Waals surface area contributed by atoms with E-state index in [0.29, 0.717) is 6.42 Å². The second-order valence-electron chi connectivity index (χ2n) is 9.70. The molecule has 7 nitrogen and oxygen atoms in total. The van der Waals surface area contributed by atoms with Gasteiger partial charge in [-0.15, -0.1) is 0 Å². The highest BCUT2D eigenvalue weighted by molar-refractivity contribution is 7.92. The molecule has 2 atom stereocenters. The molecule has 0 saturated heterocycles. The van der Waals surface area contributed by atoms with Gasteiger partial charge in [0.05, 0.1) is 10.6 Å². The molecule has 0 aliphatic rings. The van der Waals surface area contributed by atoms with Gasteiger partial charge in [0.2, 0.25) is 11.8 Å². The van der Waals surface area contributed by atoms with Crippen LogP contribution >= 0.6 is 23.2 Å². The smallest absolute Gasteiger partial charge is 0.264 e. The van der Waals surface area contributed by atoms with E-state index in [1.54, 1.807) is 12.1 Å². The summed E-state index contributed by atoms with van der Waals surface area (Å²) in [4.78, 5) is 28.8. The summed E-state index contributed by atoms with van der Waals surface area (Å²) in [6, 6.07) is 19.1. The van der Waals surface area contributed by atoms with Crippen molar-refractivity contribution >= 4 is 50.7 Å². The first-order valence-electron chi connectivity index (χ1n) is 13.2. The fourth-order valence-corrected chi connectivity index (χ4v) is 6.10. The van der Waals surface area contributed by atoms with Crippen molar-refractivity contribution in [3.05, 3.63) is 94.0 Å². The number of nitrogens with one attached hydrogen (secondary N) is 1. The number of rotatable bonds is 12. The zero-order chi connectivity index (χ0) is 29.4. The number of hydrogen-bond acceptors (Lipinski definition) is 4. The summed E-state index contributed by atoms with van der Waals surface area (Å²) < 4.78 is 28.9. The van der Waals surface area contributed by atoms with Crippen LogP contribution < -0.4 is 9.62 Å². The van der Waals surface area contributed by atoms with Gasteiger partial charge in [-0.1, -0.05) is 85.1 Å². The molecule has 10 heteroatoms. The zero-order valence-corrected chi connectivity index (χ0v) is 25.4. The van der Waals surface area contributed by atoms with Gasteiger partial charge in [-0.2, -0.15) is 0 Å². The Bertz CT molecular complexity index is 1400. The first-order valence-corrected chi connectivity index (χ1v) is 15.3. The number of benzene rings is 3. The number of carbonyl (C=O) groups excluding carboxylic acids is 2. The molecule has 3 aromatic carbocycles. The topological polar surface area (TPSA) is 86.8 Å². The normalized spacial score (nSPS) is 12.8. The van der Waals surface area contributed by atoms with Crippen molar-refractivity contribution < 1.29 is 18.0 Å². The van der Waals surface area contributed by atoms with Crippen LogP contribution in [-0.4, -0.2) is 43.8 Å². The highest BCUT2D eigenvalue weighted by atomic mass is 35.5. The maximum Gasteiger partial charge on any atom is 0.264 e. The number of sulfonamides is 1. The standard InChI is InChI=1S/C30H35Cl2N3O4S/c1-5-22(4)33-30(37)28(6-2)34(19-23-10-8-7-9-11-23)29(36)20-35(26-17-24(31)16-25(32)18-26)40(38,39)27-14-12-21(3)13-15-27/h7-18,22,28H,5-6,19-20H2,1-4H3,(H,33,37)/t22-,28-/m0/s1. The Morgan fingerprint density at radius 2 is 1.50 bits per heavy atom. The fraction of sp³-hybridized carbons (Fsp3) is 0.333. The lowest BCUT2D eigenvalue weighted by Crippen LogP contribution is -2.53. The summed E-state index contributed by atoms with van der Waals surface area (Å²) in [6.07, 6.45) is 1.07. The average molecular weight is 605 g/mol. The molecule has 0 aliphatic heterocycles. The third-order valence-corrected chi connectivity index (χ3v) is 8.83. The van der Waals surface area contributed by atoms with Gasteiger partial charge in [-0.25, -0.2) is 8.42 Å². The maximum absolute atomic E-state index is 14.1. The summed E-state index contributed by atoms with van der Waals surface area (Å²) in [7, 11) is -4.21.